The van der Waals surface area contributed by atoms with Crippen LogP contribution in [0, 0.1) is 0 Å². The number of carbonyl (C=O) groups is 1. The van der Waals surface area contributed by atoms with Gasteiger partial charge in [-0.25, -0.2) is 0 Å². The molecular formula is C10H14O3. The third kappa shape index (κ3) is 7.18. The van der Waals surface area contributed by atoms with Gasteiger partial charge in [0, 0.05) is 7.11 Å². The summed E-state index contributed by atoms with van der Waals surface area (Å²) in [6.07, 6.45) is 0.431. The molecule has 0 unspecified atom stereocenters. The zero-order valence-corrected chi connectivity index (χ0v) is 7.64. The predicted octanol–water partition coefficient (Wildman–Crippen LogP) is 1.01. The molecule has 3 heteroatoms. The Morgan fingerprint density at radius 1 is 1.38 bits per heavy atom. The van der Waals surface area contributed by atoms with E-state index >= 15 is 0 Å². The van der Waals surface area contributed by atoms with Crippen LogP contribution in [0.3, 0.4) is 0 Å². The molecule has 0 amide bonds. The van der Waals surface area contributed by atoms with Gasteiger partial charge in [0.1, 0.15) is 6.29 Å². The van der Waals surface area contributed by atoms with Crippen LogP contribution in [0.1, 0.15) is 5.56 Å². The molecule has 0 saturated carbocycles. The van der Waals surface area contributed by atoms with Gasteiger partial charge in [-0.3, -0.25) is 0 Å². The number of ether oxygens (including phenoxy) is 1. The lowest BCUT2D eigenvalue weighted by molar-refractivity contribution is -0.110. The first-order valence-corrected chi connectivity index (χ1v) is 3.92. The van der Waals surface area contributed by atoms with Crippen LogP contribution in [0.15, 0.2) is 30.3 Å². The first-order valence-electron chi connectivity index (χ1n) is 3.92. The van der Waals surface area contributed by atoms with Crippen LogP contribution in [0.25, 0.3) is 0 Å². The van der Waals surface area contributed by atoms with Gasteiger partial charge in [-0.1, -0.05) is 30.3 Å². The number of carbonyl (C=O) groups excluding carboxylic acids is 1. The third-order valence-corrected chi connectivity index (χ3v) is 1.23. The summed E-state index contributed by atoms with van der Waals surface area (Å²) in [5, 5.41) is 7.51. The van der Waals surface area contributed by atoms with Crippen molar-refractivity contribution < 1.29 is 14.6 Å². The van der Waals surface area contributed by atoms with E-state index in [1.807, 2.05) is 30.3 Å². The maximum Gasteiger partial charge on any atom is 0.145 e. The number of aldehydes is 1. The first-order chi connectivity index (χ1) is 6.35. The van der Waals surface area contributed by atoms with E-state index in [2.05, 4.69) is 0 Å². The van der Waals surface area contributed by atoms with Crippen LogP contribution < -0.4 is 0 Å². The molecule has 1 N–H and O–H groups in total. The van der Waals surface area contributed by atoms with Crippen molar-refractivity contribution in [3.63, 3.8) is 0 Å². The van der Waals surface area contributed by atoms with Gasteiger partial charge in [-0.05, 0) is 5.56 Å². The monoisotopic (exact) mass is 182 g/mol. The second kappa shape index (κ2) is 8.90. The quantitative estimate of drug-likeness (QED) is 0.710. The molecule has 13 heavy (non-hydrogen) atoms. The maximum absolute atomic E-state index is 8.92. The van der Waals surface area contributed by atoms with Gasteiger partial charge < -0.3 is 14.6 Å². The second-order valence-corrected chi connectivity index (χ2v) is 2.27. The molecule has 1 aromatic rings. The smallest absolute Gasteiger partial charge is 0.145 e. The lowest BCUT2D eigenvalue weighted by Crippen LogP contribution is -1.84. The topological polar surface area (TPSA) is 46.5 Å². The zero-order valence-electron chi connectivity index (χ0n) is 7.64. The lowest BCUT2D eigenvalue weighted by Gasteiger charge is -1.95. The normalized spacial score (nSPS) is 8.46. The van der Waals surface area contributed by atoms with Crippen molar-refractivity contribution in [2.75, 3.05) is 13.7 Å². The minimum absolute atomic E-state index is 0.361. The number of methoxy groups -OCH3 is 1. The number of aliphatic hydroxyl groups is 1. The Morgan fingerprint density at radius 2 is 1.92 bits per heavy atom. The molecule has 0 aromatic heterocycles. The molecule has 0 spiro atoms. The molecule has 1 rings (SSSR count). The molecule has 1 aromatic carbocycles. The van der Waals surface area contributed by atoms with Crippen molar-refractivity contribution >= 4 is 6.29 Å². The Balaban J connectivity index is 0.000000310. The largest absolute Gasteiger partial charge is 0.389 e. The van der Waals surface area contributed by atoms with Crippen molar-refractivity contribution in [3.05, 3.63) is 35.9 Å². The summed E-state index contributed by atoms with van der Waals surface area (Å²) >= 11 is 0. The van der Waals surface area contributed by atoms with E-state index in [9.17, 15) is 0 Å². The van der Waals surface area contributed by atoms with Crippen LogP contribution in [0.5, 0.6) is 0 Å². The van der Waals surface area contributed by atoms with Crippen molar-refractivity contribution in [1.82, 2.24) is 0 Å². The lowest BCUT2D eigenvalue weighted by atomic mass is 10.2. The summed E-state index contributed by atoms with van der Waals surface area (Å²) in [5.74, 6) is 0. The van der Waals surface area contributed by atoms with Crippen molar-refractivity contribution in [2.45, 2.75) is 6.61 Å². The van der Waals surface area contributed by atoms with Crippen LogP contribution in [0.4, 0.5) is 0 Å². The molecule has 0 radical (unpaired) electrons. The highest BCUT2D eigenvalue weighted by atomic mass is 16.5. The van der Waals surface area contributed by atoms with E-state index in [0.717, 1.165) is 0 Å². The molecule has 0 saturated heterocycles. The summed E-state index contributed by atoms with van der Waals surface area (Å²) in [4.78, 5) is 8.92. The summed E-state index contributed by atoms with van der Waals surface area (Å²) in [6, 6.07) is 10.1. The fourth-order valence-electron chi connectivity index (χ4n) is 0.741. The van der Waals surface area contributed by atoms with Crippen LogP contribution in [-0.2, 0) is 16.1 Å². The summed E-state index contributed by atoms with van der Waals surface area (Å²) in [5.41, 5.74) is 1.22. The van der Waals surface area contributed by atoms with E-state index in [1.165, 1.54) is 5.56 Å². The number of benzene rings is 1. The average Bonchev–Trinajstić information content (AvgIpc) is 2.20. The highest BCUT2D eigenvalue weighted by molar-refractivity contribution is 5.49. The fraction of sp³-hybridized carbons (Fsp3) is 0.300. The molecule has 0 aliphatic carbocycles. The molecule has 0 aliphatic rings. The third-order valence-electron chi connectivity index (χ3n) is 1.23. The van der Waals surface area contributed by atoms with Crippen LogP contribution in [0.2, 0.25) is 0 Å². The predicted molar refractivity (Wildman–Crippen MR) is 50.3 cm³/mol. The Labute approximate surface area is 78.0 Å². The zero-order chi connectivity index (χ0) is 9.94. The second-order valence-electron chi connectivity index (χ2n) is 2.27. The Kier molecular flexibility index (Phi) is 8.09. The van der Waals surface area contributed by atoms with Gasteiger partial charge in [0.2, 0.25) is 0 Å². The number of hydrogen-bond donors (Lipinski definition) is 1. The van der Waals surface area contributed by atoms with Crippen LogP contribution >= 0.6 is 0 Å². The molecule has 0 aliphatic heterocycles. The molecule has 3 nitrogen and oxygen atoms in total. The standard InChI is InChI=1S/C8H10O.C2H4O2/c1-9-7-8-5-3-2-4-6-8;3-1-2-4/h2-6H,7H2,1H3;1,4H,2H2. The van der Waals surface area contributed by atoms with Crippen LogP contribution in [-0.4, -0.2) is 25.1 Å². The SMILES string of the molecule is COCc1ccccc1.O=CCO. The highest BCUT2D eigenvalue weighted by Crippen LogP contribution is 1.98. The fourth-order valence-corrected chi connectivity index (χ4v) is 0.741. The number of aliphatic hydroxyl groups excluding tert-OH is 1. The van der Waals surface area contributed by atoms with Gasteiger partial charge >= 0.3 is 0 Å². The van der Waals surface area contributed by atoms with Crippen molar-refractivity contribution in [1.29, 1.82) is 0 Å². The molecule has 0 bridgehead atoms. The number of rotatable bonds is 3. The molecule has 0 fully saturated rings. The Bertz CT molecular complexity index is 209. The van der Waals surface area contributed by atoms with Gasteiger partial charge in [0.15, 0.2) is 0 Å². The van der Waals surface area contributed by atoms with E-state index < -0.39 is 0 Å². The minimum atomic E-state index is -0.361. The Hall–Kier alpha value is -1.19. The summed E-state index contributed by atoms with van der Waals surface area (Å²) in [7, 11) is 1.70. The number of hydrogen-bond acceptors (Lipinski definition) is 3. The maximum atomic E-state index is 8.92. The van der Waals surface area contributed by atoms with E-state index in [1.54, 1.807) is 7.11 Å². The summed E-state index contributed by atoms with van der Waals surface area (Å²) < 4.78 is 4.93. The van der Waals surface area contributed by atoms with Gasteiger partial charge in [-0.2, -0.15) is 0 Å². The van der Waals surface area contributed by atoms with Crippen molar-refractivity contribution in [2.24, 2.45) is 0 Å². The molecule has 0 heterocycles. The summed E-state index contributed by atoms with van der Waals surface area (Å²) in [6.45, 7) is 0.348. The van der Waals surface area contributed by atoms with Crippen molar-refractivity contribution in [3.8, 4) is 0 Å². The molecule has 72 valence electrons. The van der Waals surface area contributed by atoms with Gasteiger partial charge in [0.25, 0.3) is 0 Å². The average molecular weight is 182 g/mol. The Morgan fingerprint density at radius 3 is 2.31 bits per heavy atom. The van der Waals surface area contributed by atoms with Gasteiger partial charge in [-0.15, -0.1) is 0 Å². The van der Waals surface area contributed by atoms with E-state index in [0.29, 0.717) is 12.9 Å². The van der Waals surface area contributed by atoms with E-state index in [-0.39, 0.29) is 6.61 Å². The highest BCUT2D eigenvalue weighted by Gasteiger charge is 1.84. The van der Waals surface area contributed by atoms with E-state index in [4.69, 9.17) is 14.6 Å². The molecule has 0 atom stereocenters. The molecular weight excluding hydrogens is 168 g/mol. The minimum Gasteiger partial charge on any atom is -0.389 e. The first kappa shape index (κ1) is 11.8. The van der Waals surface area contributed by atoms with Gasteiger partial charge in [0.05, 0.1) is 13.2 Å².